The van der Waals surface area contributed by atoms with Crippen LogP contribution in [0.4, 0.5) is 0 Å². The molecular weight excluding hydrogens is 384 g/mol. The molecule has 0 unspecified atom stereocenters. The molecule has 8 nitrogen and oxygen atoms in total. The number of ether oxygens (including phenoxy) is 2. The molecule has 1 aromatic carbocycles. The summed E-state index contributed by atoms with van der Waals surface area (Å²) in [6.07, 6.45) is 1.11. The highest BCUT2D eigenvalue weighted by atomic mass is 35.5. The van der Waals surface area contributed by atoms with E-state index in [9.17, 15) is 18.0 Å². The molecule has 2 aromatic rings. The second kappa shape index (κ2) is 6.90. The number of benzene rings is 1. The summed E-state index contributed by atoms with van der Waals surface area (Å²) in [4.78, 5) is 24.7. The molecule has 1 aliphatic rings. The number of aromatic nitrogens is 2. The molecule has 0 bridgehead atoms. The number of sulfone groups is 1. The van der Waals surface area contributed by atoms with Crippen LogP contribution in [-0.2, 0) is 21.0 Å². The molecule has 2 N–H and O–H groups in total. The molecule has 3 rings (SSSR count). The maximum Gasteiger partial charge on any atom is 0.275 e. The molecule has 0 atom stereocenters. The second-order valence-electron chi connectivity index (χ2n) is 5.92. The lowest BCUT2D eigenvalue weighted by molar-refractivity contribution is -0.0806. The lowest BCUT2D eigenvalue weighted by Crippen LogP contribution is -2.39. The van der Waals surface area contributed by atoms with Gasteiger partial charge < -0.3 is 14.6 Å². The lowest BCUT2D eigenvalue weighted by atomic mass is 10.0. The lowest BCUT2D eigenvalue weighted by Gasteiger charge is -2.28. The summed E-state index contributed by atoms with van der Waals surface area (Å²) in [5.74, 6) is -0.706. The molecule has 0 saturated carbocycles. The van der Waals surface area contributed by atoms with Gasteiger partial charge in [0.1, 0.15) is 16.6 Å². The average Bonchev–Trinajstić information content (AvgIpc) is 2.90. The van der Waals surface area contributed by atoms with E-state index in [1.54, 1.807) is 6.92 Å². The van der Waals surface area contributed by atoms with Crippen molar-refractivity contribution < 1.29 is 22.7 Å². The molecule has 0 radical (unpaired) electrons. The van der Waals surface area contributed by atoms with Gasteiger partial charge in [-0.15, -0.1) is 0 Å². The number of hydrogen-bond acceptors (Lipinski definition) is 6. The fourth-order valence-electron chi connectivity index (χ4n) is 2.60. The number of aryl methyl sites for hydroxylation is 1. The Labute approximate surface area is 154 Å². The fraction of sp³-hybridized carbons (Fsp3) is 0.375. The van der Waals surface area contributed by atoms with Crippen LogP contribution < -0.4 is 10.3 Å². The van der Waals surface area contributed by atoms with Crippen molar-refractivity contribution in [3.05, 3.63) is 44.3 Å². The standard InChI is InChI=1S/C16H17ClN2O6S/c1-3-10-12(16(21)19-18-10)14(20)9-4-5-11(26(2,22)23)15(13(9)17)25-8-6-24-7-8/h4-5,8H,3,6-7H2,1-2H3,(H2,18,19,21). The van der Waals surface area contributed by atoms with Gasteiger partial charge in [-0.2, -0.15) is 0 Å². The number of ketones is 1. The number of carbonyl (C=O) groups excluding carboxylic acids is 1. The van der Waals surface area contributed by atoms with Crippen molar-refractivity contribution in [1.82, 2.24) is 10.2 Å². The minimum Gasteiger partial charge on any atom is -0.483 e. The third-order valence-corrected chi connectivity index (χ3v) is 5.53. The van der Waals surface area contributed by atoms with Gasteiger partial charge in [-0.25, -0.2) is 8.42 Å². The zero-order chi connectivity index (χ0) is 19.1. The number of hydrogen-bond donors (Lipinski definition) is 2. The summed E-state index contributed by atoms with van der Waals surface area (Å²) in [5, 5.41) is 4.87. The third-order valence-electron chi connectivity index (χ3n) is 4.03. The van der Waals surface area contributed by atoms with Crippen LogP contribution in [0.1, 0.15) is 28.5 Å². The van der Waals surface area contributed by atoms with Gasteiger partial charge >= 0.3 is 0 Å². The van der Waals surface area contributed by atoms with E-state index in [1.807, 2.05) is 0 Å². The fourth-order valence-corrected chi connectivity index (χ4v) is 3.75. The smallest absolute Gasteiger partial charge is 0.275 e. The first-order valence-corrected chi connectivity index (χ1v) is 10.1. The Hall–Kier alpha value is -2.10. The van der Waals surface area contributed by atoms with Crippen molar-refractivity contribution >= 4 is 27.2 Å². The van der Waals surface area contributed by atoms with Gasteiger partial charge in [0, 0.05) is 17.5 Å². The van der Waals surface area contributed by atoms with Crippen molar-refractivity contribution in [2.24, 2.45) is 0 Å². The Kier molecular flexibility index (Phi) is 4.96. The van der Waals surface area contributed by atoms with Crippen LogP contribution in [0.25, 0.3) is 0 Å². The molecule has 1 aliphatic heterocycles. The van der Waals surface area contributed by atoms with Crippen molar-refractivity contribution in [2.75, 3.05) is 19.5 Å². The SMILES string of the molecule is CCc1[nH][nH]c(=O)c1C(=O)c1ccc(S(C)(=O)=O)c(OC2COC2)c1Cl. The van der Waals surface area contributed by atoms with Crippen molar-refractivity contribution in [1.29, 1.82) is 0 Å². The van der Waals surface area contributed by atoms with Crippen LogP contribution in [0.2, 0.25) is 5.02 Å². The highest BCUT2D eigenvalue weighted by Gasteiger charge is 2.30. The van der Waals surface area contributed by atoms with Gasteiger partial charge in [0.2, 0.25) is 5.78 Å². The highest BCUT2D eigenvalue weighted by Crippen LogP contribution is 2.37. The van der Waals surface area contributed by atoms with Crippen LogP contribution >= 0.6 is 11.6 Å². The Morgan fingerprint density at radius 2 is 2.04 bits per heavy atom. The first kappa shape index (κ1) is 18.7. The molecule has 0 aliphatic carbocycles. The van der Waals surface area contributed by atoms with E-state index in [0.717, 1.165) is 6.26 Å². The Morgan fingerprint density at radius 1 is 1.35 bits per heavy atom. The number of nitrogens with one attached hydrogen (secondary N) is 2. The first-order chi connectivity index (χ1) is 12.2. The zero-order valence-electron chi connectivity index (χ0n) is 14.1. The van der Waals surface area contributed by atoms with Crippen molar-refractivity contribution in [3.8, 4) is 5.75 Å². The molecular formula is C16H17ClN2O6S. The normalized spacial score (nSPS) is 14.9. The summed E-state index contributed by atoms with van der Waals surface area (Å²) in [7, 11) is -3.64. The molecule has 26 heavy (non-hydrogen) atoms. The van der Waals surface area contributed by atoms with Gasteiger partial charge in [-0.05, 0) is 18.6 Å². The maximum absolute atomic E-state index is 12.9. The van der Waals surface area contributed by atoms with E-state index < -0.39 is 21.2 Å². The largest absolute Gasteiger partial charge is 0.483 e. The van der Waals surface area contributed by atoms with E-state index in [-0.39, 0.29) is 32.9 Å². The van der Waals surface area contributed by atoms with Gasteiger partial charge in [0.15, 0.2) is 15.6 Å². The monoisotopic (exact) mass is 400 g/mol. The molecule has 10 heteroatoms. The van der Waals surface area contributed by atoms with E-state index in [4.69, 9.17) is 21.1 Å². The van der Waals surface area contributed by atoms with E-state index >= 15 is 0 Å². The Balaban J connectivity index is 2.13. The third kappa shape index (κ3) is 3.29. The molecule has 0 spiro atoms. The predicted octanol–water partition coefficient (Wildman–Crippen LogP) is 1.33. The number of H-pyrrole nitrogens is 2. The van der Waals surface area contributed by atoms with Crippen LogP contribution in [0.3, 0.4) is 0 Å². The summed E-state index contributed by atoms with van der Waals surface area (Å²) < 4.78 is 34.8. The number of rotatable bonds is 6. The van der Waals surface area contributed by atoms with Crippen LogP contribution in [0.5, 0.6) is 5.75 Å². The number of aromatic amines is 2. The van der Waals surface area contributed by atoms with E-state index in [1.165, 1.54) is 12.1 Å². The second-order valence-corrected chi connectivity index (χ2v) is 8.28. The van der Waals surface area contributed by atoms with Gasteiger partial charge in [-0.3, -0.25) is 14.7 Å². The number of halogens is 1. The van der Waals surface area contributed by atoms with Gasteiger partial charge in [0.25, 0.3) is 5.56 Å². The molecule has 1 saturated heterocycles. The minimum atomic E-state index is -3.64. The summed E-state index contributed by atoms with van der Waals surface area (Å²) in [5.41, 5.74) is -0.184. The topological polar surface area (TPSA) is 118 Å². The predicted molar refractivity (Wildman–Crippen MR) is 94.0 cm³/mol. The van der Waals surface area contributed by atoms with Gasteiger partial charge in [-0.1, -0.05) is 18.5 Å². The summed E-state index contributed by atoms with van der Waals surface area (Å²) in [6.45, 7) is 2.39. The Morgan fingerprint density at radius 3 is 2.58 bits per heavy atom. The molecule has 0 amide bonds. The zero-order valence-corrected chi connectivity index (χ0v) is 15.7. The average molecular weight is 401 g/mol. The summed E-state index contributed by atoms with van der Waals surface area (Å²) in [6, 6.07) is 2.55. The summed E-state index contributed by atoms with van der Waals surface area (Å²) >= 11 is 6.33. The molecule has 2 heterocycles. The first-order valence-electron chi connectivity index (χ1n) is 7.85. The quantitative estimate of drug-likeness (QED) is 0.706. The molecule has 1 fully saturated rings. The van der Waals surface area contributed by atoms with E-state index in [2.05, 4.69) is 10.2 Å². The highest BCUT2D eigenvalue weighted by molar-refractivity contribution is 7.90. The van der Waals surface area contributed by atoms with Crippen LogP contribution in [-0.4, -0.2) is 50.0 Å². The minimum absolute atomic E-state index is 0.00546. The van der Waals surface area contributed by atoms with Crippen LogP contribution in [0, 0.1) is 0 Å². The number of carbonyl (C=O) groups is 1. The molecule has 140 valence electrons. The Bertz CT molecular complexity index is 1020. The van der Waals surface area contributed by atoms with Gasteiger partial charge in [0.05, 0.1) is 18.2 Å². The molecule has 1 aromatic heterocycles. The van der Waals surface area contributed by atoms with Crippen molar-refractivity contribution in [2.45, 2.75) is 24.3 Å². The van der Waals surface area contributed by atoms with Crippen LogP contribution in [0.15, 0.2) is 21.8 Å². The maximum atomic E-state index is 12.9. The van der Waals surface area contributed by atoms with E-state index in [0.29, 0.717) is 25.3 Å². The van der Waals surface area contributed by atoms with Crippen molar-refractivity contribution in [3.63, 3.8) is 0 Å².